The Balaban J connectivity index is 0.00000612. The number of hydrogen-bond donors (Lipinski definition) is 0. The molecule has 0 aliphatic heterocycles. The number of azo groups is 1. The standard InChI is InChI=1S/C21H27N3O8S2.Na/c1-4-24(11-12-31-17(3)25)19-7-10-21(16(2)15-19)23-22-18-5-8-20(9-6-18)33(26,27)14-13-32-34(28,29)30;/h5-10,15H,4,11-14H2,1-3H3,(H,28,29,30);/q;+1/p-1. The molecule has 2 rings (SSSR count). The van der Waals surface area contributed by atoms with E-state index in [9.17, 15) is 26.2 Å². The Morgan fingerprint density at radius 1 is 1.03 bits per heavy atom. The molecule has 14 heteroatoms. The quantitative estimate of drug-likeness (QED) is 0.121. The minimum atomic E-state index is -4.95. The van der Waals surface area contributed by atoms with Gasteiger partial charge in [-0.1, -0.05) is 0 Å². The molecule has 186 valence electrons. The molecule has 2 aromatic rings. The first-order chi connectivity index (χ1) is 15.9. The molecule has 35 heavy (non-hydrogen) atoms. The van der Waals surface area contributed by atoms with E-state index in [0.29, 0.717) is 24.5 Å². The molecule has 0 spiro atoms. The number of benzene rings is 2. The number of hydrogen-bond acceptors (Lipinski definition) is 11. The fourth-order valence-electron chi connectivity index (χ4n) is 2.91. The maximum absolute atomic E-state index is 12.2. The molecule has 11 nitrogen and oxygen atoms in total. The zero-order valence-corrected chi connectivity index (χ0v) is 23.6. The van der Waals surface area contributed by atoms with Gasteiger partial charge in [-0.05, 0) is 61.9 Å². The first-order valence-corrected chi connectivity index (χ1v) is 13.2. The maximum Gasteiger partial charge on any atom is 1.00 e. The van der Waals surface area contributed by atoms with E-state index in [2.05, 4.69) is 19.3 Å². The molecular formula is C21H26N3NaO8S2. The molecule has 0 saturated heterocycles. The number of sulfone groups is 1. The normalized spacial score (nSPS) is 11.8. The first-order valence-electron chi connectivity index (χ1n) is 10.2. The number of rotatable bonds is 12. The van der Waals surface area contributed by atoms with Gasteiger partial charge in [0.25, 0.3) is 0 Å². The third-order valence-corrected chi connectivity index (χ3v) is 6.79. The monoisotopic (exact) mass is 535 g/mol. The van der Waals surface area contributed by atoms with Crippen molar-refractivity contribution in [1.29, 1.82) is 0 Å². The van der Waals surface area contributed by atoms with E-state index in [-0.39, 0.29) is 40.4 Å². The SMILES string of the molecule is CCN(CCOC(C)=O)c1ccc(N=Nc2ccc(S(=O)(=O)CCOS(=O)(=O)[O-])cc2)c(C)c1.[Na+]. The molecule has 0 saturated carbocycles. The molecule has 0 aromatic heterocycles. The van der Waals surface area contributed by atoms with E-state index in [4.69, 9.17) is 4.74 Å². The summed E-state index contributed by atoms with van der Waals surface area (Å²) in [6.45, 7) is 6.08. The van der Waals surface area contributed by atoms with E-state index in [1.807, 2.05) is 32.0 Å². The van der Waals surface area contributed by atoms with Crippen molar-refractivity contribution < 1.29 is 64.7 Å². The van der Waals surface area contributed by atoms with Gasteiger partial charge in [-0.15, -0.1) is 0 Å². The molecular weight excluding hydrogens is 509 g/mol. The number of anilines is 1. The zero-order valence-electron chi connectivity index (χ0n) is 20.0. The Labute approximate surface area is 227 Å². The molecule has 0 bridgehead atoms. The van der Waals surface area contributed by atoms with Crippen LogP contribution in [0, 0.1) is 6.92 Å². The summed E-state index contributed by atoms with van der Waals surface area (Å²) in [7, 11) is -8.79. The predicted octanol–water partition coefficient (Wildman–Crippen LogP) is 0.0543. The fraction of sp³-hybridized carbons (Fsp3) is 0.381. The van der Waals surface area contributed by atoms with Gasteiger partial charge in [0, 0.05) is 19.2 Å². The fourth-order valence-corrected chi connectivity index (χ4v) is 4.40. The Bertz CT molecular complexity index is 1230. The van der Waals surface area contributed by atoms with E-state index in [0.717, 1.165) is 17.8 Å². The Morgan fingerprint density at radius 2 is 1.69 bits per heavy atom. The smallest absolute Gasteiger partial charge is 0.726 e. The number of nitrogens with zero attached hydrogens (tertiary/aromatic N) is 3. The maximum atomic E-state index is 12.2. The molecule has 0 radical (unpaired) electrons. The molecule has 0 heterocycles. The molecule has 0 aliphatic carbocycles. The second kappa shape index (κ2) is 14.0. The molecule has 2 aromatic carbocycles. The van der Waals surface area contributed by atoms with Gasteiger partial charge in [-0.3, -0.25) is 8.98 Å². The van der Waals surface area contributed by atoms with Crippen LogP contribution in [0.4, 0.5) is 17.1 Å². The number of aryl methyl sites for hydroxylation is 1. The molecule has 0 N–H and O–H groups in total. The van der Waals surface area contributed by atoms with E-state index in [1.165, 1.54) is 31.2 Å². The third kappa shape index (κ3) is 10.7. The predicted molar refractivity (Wildman–Crippen MR) is 124 cm³/mol. The van der Waals surface area contributed by atoms with Gasteiger partial charge in [-0.2, -0.15) is 10.2 Å². The van der Waals surface area contributed by atoms with Crippen molar-refractivity contribution >= 4 is 43.3 Å². The van der Waals surface area contributed by atoms with Gasteiger partial charge in [0.05, 0.1) is 35.2 Å². The van der Waals surface area contributed by atoms with Crippen molar-refractivity contribution in [1.82, 2.24) is 0 Å². The Hall–Kier alpha value is -1.87. The molecule has 0 atom stereocenters. The van der Waals surface area contributed by atoms with Gasteiger partial charge in [0.2, 0.25) is 10.4 Å². The van der Waals surface area contributed by atoms with E-state index >= 15 is 0 Å². The number of ether oxygens (including phenoxy) is 1. The van der Waals surface area contributed by atoms with Crippen LogP contribution in [0.2, 0.25) is 0 Å². The number of carbonyl (C=O) groups excluding carboxylic acids is 1. The second-order valence-corrected chi connectivity index (χ2v) is 10.3. The van der Waals surface area contributed by atoms with Gasteiger partial charge in [0.15, 0.2) is 9.84 Å². The van der Waals surface area contributed by atoms with Gasteiger partial charge in [0.1, 0.15) is 6.61 Å². The Morgan fingerprint density at radius 3 is 2.23 bits per heavy atom. The summed E-state index contributed by atoms with van der Waals surface area (Å²) < 4.78 is 64.6. The van der Waals surface area contributed by atoms with Crippen LogP contribution >= 0.6 is 0 Å². The summed E-state index contributed by atoms with van der Waals surface area (Å²) in [4.78, 5) is 13.0. The van der Waals surface area contributed by atoms with Crippen LogP contribution in [0.3, 0.4) is 0 Å². The minimum Gasteiger partial charge on any atom is -0.726 e. The molecule has 0 unspecified atom stereocenters. The minimum absolute atomic E-state index is 0. The zero-order chi connectivity index (χ0) is 25.4. The summed E-state index contributed by atoms with van der Waals surface area (Å²) in [5.41, 5.74) is 2.87. The van der Waals surface area contributed by atoms with Crippen LogP contribution in [0.15, 0.2) is 57.6 Å². The van der Waals surface area contributed by atoms with E-state index < -0.39 is 32.6 Å². The summed E-state index contributed by atoms with van der Waals surface area (Å²) >= 11 is 0. The Kier molecular flexibility index (Phi) is 12.5. The first kappa shape index (κ1) is 31.2. The average molecular weight is 536 g/mol. The average Bonchev–Trinajstić information content (AvgIpc) is 2.75. The van der Waals surface area contributed by atoms with Crippen molar-refractivity contribution in [2.24, 2.45) is 10.2 Å². The number of esters is 1. The van der Waals surface area contributed by atoms with Crippen LogP contribution < -0.4 is 34.5 Å². The second-order valence-electron chi connectivity index (χ2n) is 7.13. The summed E-state index contributed by atoms with van der Waals surface area (Å²) in [5, 5.41) is 8.35. The van der Waals surface area contributed by atoms with Crippen LogP contribution in [0.5, 0.6) is 0 Å². The number of carbonyl (C=O) groups is 1. The summed E-state index contributed by atoms with van der Waals surface area (Å²) in [6.07, 6.45) is 0. The third-order valence-electron chi connectivity index (χ3n) is 4.64. The van der Waals surface area contributed by atoms with Crippen molar-refractivity contribution in [3.05, 3.63) is 48.0 Å². The molecule has 0 amide bonds. The van der Waals surface area contributed by atoms with Crippen LogP contribution in [0.1, 0.15) is 19.4 Å². The van der Waals surface area contributed by atoms with Gasteiger partial charge in [-0.25, -0.2) is 16.8 Å². The van der Waals surface area contributed by atoms with Crippen molar-refractivity contribution in [3.8, 4) is 0 Å². The van der Waals surface area contributed by atoms with Crippen LogP contribution in [-0.2, 0) is 34.0 Å². The molecule has 0 aliphatic rings. The summed E-state index contributed by atoms with van der Waals surface area (Å²) in [5.74, 6) is -0.978. The van der Waals surface area contributed by atoms with Crippen LogP contribution in [-0.4, -0.2) is 59.4 Å². The van der Waals surface area contributed by atoms with Crippen molar-refractivity contribution in [3.63, 3.8) is 0 Å². The van der Waals surface area contributed by atoms with Gasteiger partial charge < -0.3 is 14.2 Å². The topological polar surface area (TPSA) is 155 Å². The van der Waals surface area contributed by atoms with Crippen molar-refractivity contribution in [2.75, 3.05) is 37.0 Å². The number of likely N-dealkylation sites (N-methyl/N-ethyl adjacent to an activating group) is 1. The largest absolute Gasteiger partial charge is 1.00 e. The van der Waals surface area contributed by atoms with Crippen molar-refractivity contribution in [2.45, 2.75) is 25.7 Å². The molecule has 0 fully saturated rings. The van der Waals surface area contributed by atoms with Crippen LogP contribution in [0.25, 0.3) is 0 Å². The van der Waals surface area contributed by atoms with Gasteiger partial charge >= 0.3 is 35.5 Å². The summed E-state index contributed by atoms with van der Waals surface area (Å²) in [6, 6.07) is 11.2. The van der Waals surface area contributed by atoms with E-state index in [1.54, 1.807) is 0 Å².